The summed E-state index contributed by atoms with van der Waals surface area (Å²) in [5, 5.41) is 10.5. The average molecular weight is 361 g/mol. The Morgan fingerprint density at radius 2 is 2.04 bits per heavy atom. The van der Waals surface area contributed by atoms with Crippen LogP contribution in [0.15, 0.2) is 43.0 Å². The van der Waals surface area contributed by atoms with Gasteiger partial charge in [0.05, 0.1) is 5.52 Å². The Hall–Kier alpha value is -3.04. The van der Waals surface area contributed by atoms with Gasteiger partial charge in [-0.1, -0.05) is 13.8 Å². The van der Waals surface area contributed by atoms with Crippen LogP contribution in [0.25, 0.3) is 22.0 Å². The highest BCUT2D eigenvalue weighted by Gasteiger charge is 2.22. The highest BCUT2D eigenvalue weighted by molar-refractivity contribution is 5.93. The fraction of sp³-hybridized carbons (Fsp3) is 0.333. The van der Waals surface area contributed by atoms with Crippen molar-refractivity contribution in [3.8, 4) is 23.1 Å². The number of nitriles is 1. The van der Waals surface area contributed by atoms with E-state index >= 15 is 0 Å². The molecule has 1 unspecified atom stereocenters. The molecule has 0 aliphatic heterocycles. The van der Waals surface area contributed by atoms with Crippen LogP contribution in [-0.4, -0.2) is 27.1 Å². The maximum atomic E-state index is 9.55. The zero-order chi connectivity index (χ0) is 19.4. The van der Waals surface area contributed by atoms with E-state index in [4.69, 9.17) is 10.5 Å². The number of pyridine rings is 3. The van der Waals surface area contributed by atoms with Crippen LogP contribution in [-0.2, 0) is 0 Å². The summed E-state index contributed by atoms with van der Waals surface area (Å²) in [5.74, 6) is 0.765. The number of nitrogens with two attached hydrogens (primary N) is 1. The smallest absolute Gasteiger partial charge is 0.231 e. The van der Waals surface area contributed by atoms with E-state index in [1.807, 2.05) is 19.1 Å². The first-order valence-electron chi connectivity index (χ1n) is 8.90. The molecule has 1 atom stereocenters. The summed E-state index contributed by atoms with van der Waals surface area (Å²) in [6.45, 7) is 6.48. The van der Waals surface area contributed by atoms with Crippen LogP contribution in [0, 0.1) is 17.2 Å². The highest BCUT2D eigenvalue weighted by atomic mass is 16.5. The molecular formula is C21H23N5O. The van der Waals surface area contributed by atoms with E-state index in [1.165, 1.54) is 0 Å². The van der Waals surface area contributed by atoms with Gasteiger partial charge in [0.2, 0.25) is 5.88 Å². The second kappa shape index (κ2) is 7.68. The Balaban J connectivity index is 1.90. The molecule has 27 heavy (non-hydrogen) atoms. The molecular weight excluding hydrogens is 338 g/mol. The van der Waals surface area contributed by atoms with Crippen molar-refractivity contribution in [1.82, 2.24) is 15.0 Å². The van der Waals surface area contributed by atoms with Gasteiger partial charge in [-0.25, -0.2) is 4.98 Å². The summed E-state index contributed by atoms with van der Waals surface area (Å²) in [4.78, 5) is 12.9. The minimum absolute atomic E-state index is 0.300. The minimum Gasteiger partial charge on any atom is -0.475 e. The summed E-state index contributed by atoms with van der Waals surface area (Å²) < 4.78 is 5.79. The van der Waals surface area contributed by atoms with Gasteiger partial charge in [-0.05, 0) is 43.0 Å². The summed E-state index contributed by atoms with van der Waals surface area (Å²) in [5.41, 5.74) is 8.77. The molecule has 3 rings (SSSR count). The molecule has 0 bridgehead atoms. The number of fused-ring (bicyclic) bond motifs is 1. The van der Waals surface area contributed by atoms with E-state index in [1.54, 1.807) is 30.9 Å². The molecule has 3 heterocycles. The molecule has 0 fully saturated rings. The first-order chi connectivity index (χ1) is 12.9. The summed E-state index contributed by atoms with van der Waals surface area (Å²) in [6.07, 6.45) is 7.73. The van der Waals surface area contributed by atoms with Gasteiger partial charge in [-0.15, -0.1) is 0 Å². The molecule has 0 amide bonds. The number of aromatic nitrogens is 3. The van der Waals surface area contributed by atoms with E-state index in [0.29, 0.717) is 24.0 Å². The lowest BCUT2D eigenvalue weighted by molar-refractivity contribution is 0.200. The number of hydrogen-bond donors (Lipinski definition) is 1. The quantitative estimate of drug-likeness (QED) is 0.719. The normalized spacial score (nSPS) is 13.3. The predicted molar refractivity (Wildman–Crippen MR) is 105 cm³/mol. The van der Waals surface area contributed by atoms with E-state index in [2.05, 4.69) is 34.9 Å². The van der Waals surface area contributed by atoms with Crippen LogP contribution < -0.4 is 10.5 Å². The Kier molecular flexibility index (Phi) is 5.33. The van der Waals surface area contributed by atoms with Crippen molar-refractivity contribution >= 4 is 10.9 Å². The van der Waals surface area contributed by atoms with Gasteiger partial charge in [0, 0.05) is 41.3 Å². The third kappa shape index (κ3) is 4.39. The monoisotopic (exact) mass is 361 g/mol. The third-order valence-electron chi connectivity index (χ3n) is 4.24. The zero-order valence-corrected chi connectivity index (χ0v) is 15.8. The van der Waals surface area contributed by atoms with Crippen molar-refractivity contribution < 1.29 is 4.74 Å². The fourth-order valence-electron chi connectivity index (χ4n) is 3.26. The number of rotatable bonds is 6. The summed E-state index contributed by atoms with van der Waals surface area (Å²) in [6, 6.07) is 7.69. The van der Waals surface area contributed by atoms with Crippen LogP contribution >= 0.6 is 0 Å². The molecule has 0 aliphatic carbocycles. The van der Waals surface area contributed by atoms with Crippen LogP contribution in [0.4, 0.5) is 0 Å². The minimum atomic E-state index is -0.478. The topological polar surface area (TPSA) is 97.7 Å². The van der Waals surface area contributed by atoms with Gasteiger partial charge in [0.15, 0.2) is 0 Å². The fourth-order valence-corrected chi connectivity index (χ4v) is 3.26. The highest BCUT2D eigenvalue weighted by Crippen LogP contribution is 2.29. The van der Waals surface area contributed by atoms with Gasteiger partial charge in [-0.3, -0.25) is 9.97 Å². The lowest BCUT2D eigenvalue weighted by atomic mass is 9.93. The van der Waals surface area contributed by atoms with E-state index in [9.17, 15) is 5.26 Å². The number of hydrogen-bond acceptors (Lipinski definition) is 6. The Labute approximate surface area is 159 Å². The summed E-state index contributed by atoms with van der Waals surface area (Å²) in [7, 11) is 0. The molecule has 2 N–H and O–H groups in total. The zero-order valence-electron chi connectivity index (χ0n) is 15.8. The van der Waals surface area contributed by atoms with Crippen LogP contribution in [0.1, 0.15) is 32.8 Å². The average Bonchev–Trinajstić information content (AvgIpc) is 2.65. The molecule has 0 aromatic carbocycles. The van der Waals surface area contributed by atoms with Crippen molar-refractivity contribution in [1.29, 1.82) is 5.26 Å². The lowest BCUT2D eigenvalue weighted by Gasteiger charge is -2.26. The Morgan fingerprint density at radius 3 is 2.78 bits per heavy atom. The van der Waals surface area contributed by atoms with Gasteiger partial charge < -0.3 is 10.5 Å². The number of nitrogens with zero attached hydrogens (tertiary/aromatic N) is 4. The molecule has 0 aliphatic rings. The second-order valence-electron chi connectivity index (χ2n) is 7.48. The van der Waals surface area contributed by atoms with Gasteiger partial charge >= 0.3 is 0 Å². The first kappa shape index (κ1) is 18.7. The molecule has 0 spiro atoms. The van der Waals surface area contributed by atoms with Crippen molar-refractivity contribution in [3.63, 3.8) is 0 Å². The largest absolute Gasteiger partial charge is 0.475 e. The van der Waals surface area contributed by atoms with E-state index in [-0.39, 0.29) is 0 Å². The third-order valence-corrected chi connectivity index (χ3v) is 4.24. The molecule has 0 saturated carbocycles. The van der Waals surface area contributed by atoms with Gasteiger partial charge in [0.1, 0.15) is 18.2 Å². The Bertz CT molecular complexity index is 986. The van der Waals surface area contributed by atoms with E-state index in [0.717, 1.165) is 28.5 Å². The lowest BCUT2D eigenvalue weighted by Crippen LogP contribution is -2.43. The van der Waals surface area contributed by atoms with Gasteiger partial charge in [-0.2, -0.15) is 5.26 Å². The van der Waals surface area contributed by atoms with Crippen LogP contribution in [0.2, 0.25) is 0 Å². The van der Waals surface area contributed by atoms with E-state index < -0.39 is 5.54 Å². The molecule has 3 aromatic heterocycles. The maximum absolute atomic E-state index is 9.55. The summed E-state index contributed by atoms with van der Waals surface area (Å²) >= 11 is 0. The predicted octanol–water partition coefficient (Wildman–Crippen LogP) is 3.71. The SMILES string of the molecule is CC(C)CC(C)(N)COc1ncc(-c2ccnc3ccncc23)cc1C#N. The van der Waals surface area contributed by atoms with Crippen molar-refractivity contribution in [2.24, 2.45) is 11.7 Å². The molecule has 6 nitrogen and oxygen atoms in total. The second-order valence-corrected chi connectivity index (χ2v) is 7.48. The standard InChI is InChI=1S/C21H23N5O/c1-14(2)9-21(3,23)13-27-20-15(10-22)8-16(11-26-20)17-4-7-25-19-5-6-24-12-18(17)19/h4-8,11-12,14H,9,13,23H2,1-3H3. The van der Waals surface area contributed by atoms with Crippen molar-refractivity contribution in [2.75, 3.05) is 6.61 Å². The molecule has 0 radical (unpaired) electrons. The number of ether oxygens (including phenoxy) is 1. The maximum Gasteiger partial charge on any atom is 0.231 e. The molecule has 138 valence electrons. The molecule has 3 aromatic rings. The van der Waals surface area contributed by atoms with Crippen molar-refractivity contribution in [3.05, 3.63) is 48.5 Å². The first-order valence-corrected chi connectivity index (χ1v) is 8.90. The Morgan fingerprint density at radius 1 is 1.22 bits per heavy atom. The van der Waals surface area contributed by atoms with Gasteiger partial charge in [0.25, 0.3) is 0 Å². The molecule has 0 saturated heterocycles. The van der Waals surface area contributed by atoms with Crippen LogP contribution in [0.5, 0.6) is 5.88 Å². The molecule has 6 heteroatoms. The van der Waals surface area contributed by atoms with Crippen LogP contribution in [0.3, 0.4) is 0 Å². The van der Waals surface area contributed by atoms with Crippen molar-refractivity contribution in [2.45, 2.75) is 32.7 Å².